The van der Waals surface area contributed by atoms with Crippen LogP contribution in [0.3, 0.4) is 0 Å². The number of sulfone groups is 1. The molecule has 0 N–H and O–H groups in total. The monoisotopic (exact) mass is 288 g/mol. The van der Waals surface area contributed by atoms with Crippen LogP contribution in [0.25, 0.3) is 0 Å². The lowest BCUT2D eigenvalue weighted by molar-refractivity contribution is -0.00415. The molecule has 0 radical (unpaired) electrons. The van der Waals surface area contributed by atoms with E-state index in [1.54, 1.807) is 0 Å². The SMILES string of the molecule is CC(C)C1CN2CCCCC2CN1CCS(C)(=O)=O. The molecule has 2 saturated heterocycles. The summed E-state index contributed by atoms with van der Waals surface area (Å²) in [6.45, 7) is 8.61. The summed E-state index contributed by atoms with van der Waals surface area (Å²) in [6.07, 6.45) is 5.27. The Balaban J connectivity index is 2.01. The van der Waals surface area contributed by atoms with Gasteiger partial charge < -0.3 is 0 Å². The standard InChI is InChI=1S/C14H28N2O2S/c1-12(2)14-11-15-7-5-4-6-13(15)10-16(14)8-9-19(3,17)18/h12-14H,4-11H2,1-3H3. The second-order valence-electron chi connectivity index (χ2n) is 6.58. The van der Waals surface area contributed by atoms with Crippen molar-refractivity contribution in [2.45, 2.75) is 45.2 Å². The predicted octanol–water partition coefficient (Wildman–Crippen LogP) is 1.23. The van der Waals surface area contributed by atoms with Gasteiger partial charge in [-0.1, -0.05) is 20.3 Å². The molecule has 2 heterocycles. The fourth-order valence-electron chi connectivity index (χ4n) is 3.44. The van der Waals surface area contributed by atoms with Gasteiger partial charge in [0.15, 0.2) is 0 Å². The van der Waals surface area contributed by atoms with Crippen molar-refractivity contribution in [2.75, 3.05) is 38.2 Å². The molecule has 2 atom stereocenters. The van der Waals surface area contributed by atoms with Crippen molar-refractivity contribution in [3.05, 3.63) is 0 Å². The van der Waals surface area contributed by atoms with Crippen LogP contribution in [0.2, 0.25) is 0 Å². The smallest absolute Gasteiger partial charge is 0.148 e. The van der Waals surface area contributed by atoms with Crippen molar-refractivity contribution >= 4 is 9.84 Å². The van der Waals surface area contributed by atoms with Gasteiger partial charge in [-0.2, -0.15) is 0 Å². The minimum absolute atomic E-state index is 0.295. The number of piperazine rings is 1. The van der Waals surface area contributed by atoms with E-state index in [0.29, 0.717) is 30.3 Å². The zero-order chi connectivity index (χ0) is 14.0. The molecular formula is C14H28N2O2S. The first-order valence-electron chi connectivity index (χ1n) is 7.52. The third-order valence-corrected chi connectivity index (χ3v) is 5.53. The largest absolute Gasteiger partial charge is 0.298 e. The summed E-state index contributed by atoms with van der Waals surface area (Å²) < 4.78 is 22.8. The minimum atomic E-state index is -2.86. The highest BCUT2D eigenvalue weighted by Crippen LogP contribution is 2.26. The normalized spacial score (nSPS) is 30.5. The fourth-order valence-corrected chi connectivity index (χ4v) is 4.01. The average molecular weight is 288 g/mol. The van der Waals surface area contributed by atoms with Crippen molar-refractivity contribution in [3.8, 4) is 0 Å². The molecule has 5 heteroatoms. The molecule has 0 aromatic heterocycles. The summed E-state index contributed by atoms with van der Waals surface area (Å²) in [5.74, 6) is 0.880. The van der Waals surface area contributed by atoms with E-state index >= 15 is 0 Å². The molecule has 0 aliphatic carbocycles. The van der Waals surface area contributed by atoms with Gasteiger partial charge in [-0.3, -0.25) is 9.80 Å². The van der Waals surface area contributed by atoms with Crippen LogP contribution in [0.4, 0.5) is 0 Å². The Kier molecular flexibility index (Phi) is 4.90. The summed E-state index contributed by atoms with van der Waals surface area (Å²) in [7, 11) is -2.86. The number of nitrogens with zero attached hydrogens (tertiary/aromatic N) is 2. The van der Waals surface area contributed by atoms with Gasteiger partial charge in [0.2, 0.25) is 0 Å². The second kappa shape index (κ2) is 6.10. The molecule has 4 nitrogen and oxygen atoms in total. The van der Waals surface area contributed by atoms with Gasteiger partial charge in [-0.05, 0) is 25.3 Å². The van der Waals surface area contributed by atoms with Crippen LogP contribution >= 0.6 is 0 Å². The fraction of sp³-hybridized carbons (Fsp3) is 1.00. The van der Waals surface area contributed by atoms with E-state index in [2.05, 4.69) is 23.6 Å². The van der Waals surface area contributed by atoms with Gasteiger partial charge in [-0.15, -0.1) is 0 Å². The lowest BCUT2D eigenvalue weighted by atomic mass is 9.92. The van der Waals surface area contributed by atoms with Crippen LogP contribution < -0.4 is 0 Å². The molecule has 0 bridgehead atoms. The van der Waals surface area contributed by atoms with E-state index in [-0.39, 0.29) is 0 Å². The van der Waals surface area contributed by atoms with Crippen molar-refractivity contribution < 1.29 is 8.42 Å². The first kappa shape index (κ1) is 15.3. The molecule has 2 unspecified atom stereocenters. The summed E-state index contributed by atoms with van der Waals surface area (Å²) in [6, 6.07) is 1.17. The molecule has 2 fully saturated rings. The van der Waals surface area contributed by atoms with Gasteiger partial charge in [0.1, 0.15) is 9.84 Å². The second-order valence-corrected chi connectivity index (χ2v) is 8.84. The summed E-state index contributed by atoms with van der Waals surface area (Å²) in [5.41, 5.74) is 0. The van der Waals surface area contributed by atoms with Gasteiger partial charge in [0.05, 0.1) is 5.75 Å². The van der Waals surface area contributed by atoms with Crippen LogP contribution in [0.5, 0.6) is 0 Å². The lowest BCUT2D eigenvalue weighted by Crippen LogP contribution is -2.61. The van der Waals surface area contributed by atoms with E-state index in [1.165, 1.54) is 32.1 Å². The van der Waals surface area contributed by atoms with E-state index < -0.39 is 9.84 Å². The molecule has 0 spiro atoms. The molecule has 0 aromatic carbocycles. The highest BCUT2D eigenvalue weighted by Gasteiger charge is 2.36. The van der Waals surface area contributed by atoms with E-state index in [4.69, 9.17) is 0 Å². The summed E-state index contributed by atoms with van der Waals surface area (Å²) in [5, 5.41) is 0. The molecule has 0 aromatic rings. The van der Waals surface area contributed by atoms with Crippen molar-refractivity contribution in [3.63, 3.8) is 0 Å². The maximum atomic E-state index is 11.4. The third kappa shape index (κ3) is 4.17. The van der Waals surface area contributed by atoms with Gasteiger partial charge in [0.25, 0.3) is 0 Å². The Morgan fingerprint density at radius 3 is 2.58 bits per heavy atom. The quantitative estimate of drug-likeness (QED) is 0.780. The number of piperidine rings is 1. The highest BCUT2D eigenvalue weighted by molar-refractivity contribution is 7.90. The van der Waals surface area contributed by atoms with Crippen LogP contribution in [0.1, 0.15) is 33.1 Å². The molecule has 2 rings (SSSR count). The Morgan fingerprint density at radius 2 is 1.95 bits per heavy atom. The number of fused-ring (bicyclic) bond motifs is 1. The Labute approximate surface area is 118 Å². The molecule has 0 amide bonds. The Hall–Kier alpha value is -0.130. The number of rotatable bonds is 4. The third-order valence-electron chi connectivity index (χ3n) is 4.60. The van der Waals surface area contributed by atoms with Crippen molar-refractivity contribution in [2.24, 2.45) is 5.92 Å². The van der Waals surface area contributed by atoms with Gasteiger partial charge in [-0.25, -0.2) is 8.42 Å². The van der Waals surface area contributed by atoms with Gasteiger partial charge in [0, 0.05) is 38.0 Å². The molecule has 19 heavy (non-hydrogen) atoms. The van der Waals surface area contributed by atoms with Crippen LogP contribution in [0, 0.1) is 5.92 Å². The Morgan fingerprint density at radius 1 is 1.21 bits per heavy atom. The van der Waals surface area contributed by atoms with E-state index in [9.17, 15) is 8.42 Å². The summed E-state index contributed by atoms with van der Waals surface area (Å²) >= 11 is 0. The summed E-state index contributed by atoms with van der Waals surface area (Å²) in [4.78, 5) is 5.06. The van der Waals surface area contributed by atoms with E-state index in [0.717, 1.165) is 13.1 Å². The first-order chi connectivity index (χ1) is 8.87. The highest BCUT2D eigenvalue weighted by atomic mass is 32.2. The van der Waals surface area contributed by atoms with Crippen LogP contribution in [-0.2, 0) is 9.84 Å². The zero-order valence-electron chi connectivity index (χ0n) is 12.5. The van der Waals surface area contributed by atoms with Crippen molar-refractivity contribution in [1.82, 2.24) is 9.80 Å². The van der Waals surface area contributed by atoms with Crippen molar-refractivity contribution in [1.29, 1.82) is 0 Å². The maximum Gasteiger partial charge on any atom is 0.148 e. The minimum Gasteiger partial charge on any atom is -0.298 e. The number of hydrogen-bond acceptors (Lipinski definition) is 4. The first-order valence-corrected chi connectivity index (χ1v) is 9.58. The van der Waals surface area contributed by atoms with Crippen LogP contribution in [0.15, 0.2) is 0 Å². The Bertz CT molecular complexity index is 394. The molecule has 2 aliphatic rings. The molecule has 0 saturated carbocycles. The van der Waals surface area contributed by atoms with E-state index in [1.807, 2.05) is 0 Å². The molecule has 2 aliphatic heterocycles. The van der Waals surface area contributed by atoms with Gasteiger partial charge >= 0.3 is 0 Å². The van der Waals surface area contributed by atoms with Crippen LogP contribution in [-0.4, -0.2) is 68.5 Å². The average Bonchev–Trinajstić information content (AvgIpc) is 2.34. The zero-order valence-corrected chi connectivity index (χ0v) is 13.3. The molecule has 112 valence electrons. The number of hydrogen-bond donors (Lipinski definition) is 0. The topological polar surface area (TPSA) is 40.6 Å². The predicted molar refractivity (Wildman–Crippen MR) is 79.1 cm³/mol. The maximum absolute atomic E-state index is 11.4. The molecular weight excluding hydrogens is 260 g/mol. The lowest BCUT2D eigenvalue weighted by Gasteiger charge is -2.49.